The summed E-state index contributed by atoms with van der Waals surface area (Å²) in [6, 6.07) is 11.8. The number of rotatable bonds is 7. The first-order valence-electron chi connectivity index (χ1n) is 8.69. The highest BCUT2D eigenvalue weighted by Crippen LogP contribution is 2.41. The number of carboxylic acids is 1. The molecule has 0 amide bonds. The Morgan fingerprint density at radius 3 is 2.09 bits per heavy atom. The Hall–Kier alpha value is -3.89. The summed E-state index contributed by atoms with van der Waals surface area (Å²) in [5, 5.41) is 9.27. The van der Waals surface area contributed by atoms with Gasteiger partial charge in [0, 0.05) is 6.07 Å². The van der Waals surface area contributed by atoms with Crippen LogP contribution in [0.5, 0.6) is 28.7 Å². The summed E-state index contributed by atoms with van der Waals surface area (Å²) >= 11 is 0. The molecule has 0 fully saturated rings. The standard InChI is InChI=1S/C21H12F6O5/c22-18-13(19(23)24)7-9-15(17(18)20(28)29)31-14-8-6-12(32-21(25,26)27)10-16(14)30-11-4-2-1-3-5-11/h1-10,19H,(H,28,29). The average molecular weight is 458 g/mol. The number of ether oxygens (including phenoxy) is 3. The Labute approximate surface area is 176 Å². The molecule has 11 heteroatoms. The maximum Gasteiger partial charge on any atom is 0.573 e. The molecule has 5 nitrogen and oxygen atoms in total. The number of para-hydroxylation sites is 1. The van der Waals surface area contributed by atoms with Crippen molar-refractivity contribution in [3.05, 3.63) is 77.6 Å². The number of hydrogen-bond donors (Lipinski definition) is 1. The van der Waals surface area contributed by atoms with Gasteiger partial charge in [-0.2, -0.15) is 0 Å². The number of carbonyl (C=O) groups is 1. The largest absolute Gasteiger partial charge is 0.573 e. The lowest BCUT2D eigenvalue weighted by Gasteiger charge is -2.16. The zero-order valence-electron chi connectivity index (χ0n) is 15.7. The molecule has 0 saturated heterocycles. The molecule has 0 aliphatic carbocycles. The highest BCUT2D eigenvalue weighted by atomic mass is 19.4. The van der Waals surface area contributed by atoms with Gasteiger partial charge in [0.2, 0.25) is 0 Å². The van der Waals surface area contributed by atoms with Crippen molar-refractivity contribution in [2.45, 2.75) is 12.8 Å². The third-order valence-corrected chi connectivity index (χ3v) is 3.92. The highest BCUT2D eigenvalue weighted by Gasteiger charge is 2.32. The quantitative estimate of drug-likeness (QED) is 0.389. The molecule has 3 aromatic carbocycles. The van der Waals surface area contributed by atoms with Gasteiger partial charge in [0.15, 0.2) is 11.5 Å². The molecule has 3 rings (SSSR count). The van der Waals surface area contributed by atoms with E-state index in [4.69, 9.17) is 9.47 Å². The molecule has 1 N–H and O–H groups in total. The topological polar surface area (TPSA) is 65.0 Å². The van der Waals surface area contributed by atoms with Crippen LogP contribution in [0.3, 0.4) is 0 Å². The summed E-state index contributed by atoms with van der Waals surface area (Å²) in [5.41, 5.74) is -2.33. The van der Waals surface area contributed by atoms with Crippen LogP contribution in [-0.2, 0) is 0 Å². The molecule has 0 radical (unpaired) electrons. The molecule has 0 saturated carbocycles. The van der Waals surface area contributed by atoms with Crippen LogP contribution in [0.1, 0.15) is 22.3 Å². The Morgan fingerprint density at radius 2 is 1.50 bits per heavy atom. The van der Waals surface area contributed by atoms with E-state index in [1.165, 1.54) is 12.1 Å². The SMILES string of the molecule is O=C(O)c1c(Oc2ccc(OC(F)(F)F)cc2Oc2ccccc2)ccc(C(F)F)c1F. The van der Waals surface area contributed by atoms with Gasteiger partial charge in [-0.1, -0.05) is 18.2 Å². The van der Waals surface area contributed by atoms with E-state index in [-0.39, 0.29) is 17.2 Å². The molecule has 3 aromatic rings. The van der Waals surface area contributed by atoms with E-state index < -0.39 is 47.2 Å². The molecular weight excluding hydrogens is 446 g/mol. The van der Waals surface area contributed by atoms with Gasteiger partial charge in [-0.15, -0.1) is 13.2 Å². The van der Waals surface area contributed by atoms with Gasteiger partial charge in [0.05, 0.1) is 5.56 Å². The lowest BCUT2D eigenvalue weighted by Crippen LogP contribution is -2.17. The minimum atomic E-state index is -5.00. The average Bonchev–Trinajstić information content (AvgIpc) is 2.69. The van der Waals surface area contributed by atoms with Crippen molar-refractivity contribution in [2.24, 2.45) is 0 Å². The number of carboxylic acid groups (broad SMARTS) is 1. The lowest BCUT2D eigenvalue weighted by molar-refractivity contribution is -0.274. The fourth-order valence-corrected chi connectivity index (χ4v) is 2.61. The van der Waals surface area contributed by atoms with Crippen LogP contribution in [-0.4, -0.2) is 17.4 Å². The monoisotopic (exact) mass is 458 g/mol. The summed E-state index contributed by atoms with van der Waals surface area (Å²) < 4.78 is 92.6. The minimum absolute atomic E-state index is 0.180. The Morgan fingerprint density at radius 1 is 0.844 bits per heavy atom. The second-order valence-corrected chi connectivity index (χ2v) is 6.12. The molecule has 0 unspecified atom stereocenters. The smallest absolute Gasteiger partial charge is 0.477 e. The first kappa shape index (κ1) is 22.8. The molecule has 0 bridgehead atoms. The van der Waals surface area contributed by atoms with E-state index in [0.29, 0.717) is 6.07 Å². The van der Waals surface area contributed by atoms with Gasteiger partial charge in [-0.05, 0) is 36.4 Å². The van der Waals surface area contributed by atoms with Gasteiger partial charge < -0.3 is 19.3 Å². The fraction of sp³-hybridized carbons (Fsp3) is 0.0952. The van der Waals surface area contributed by atoms with Crippen molar-refractivity contribution in [3.8, 4) is 28.7 Å². The molecule has 0 spiro atoms. The zero-order chi connectivity index (χ0) is 23.5. The van der Waals surface area contributed by atoms with Gasteiger partial charge in [0.25, 0.3) is 6.43 Å². The first-order valence-corrected chi connectivity index (χ1v) is 8.69. The number of halogens is 6. The van der Waals surface area contributed by atoms with Crippen LogP contribution in [0.2, 0.25) is 0 Å². The van der Waals surface area contributed by atoms with Crippen LogP contribution in [0.4, 0.5) is 26.3 Å². The highest BCUT2D eigenvalue weighted by molar-refractivity contribution is 5.91. The molecule has 0 heterocycles. The summed E-state index contributed by atoms with van der Waals surface area (Å²) in [5.74, 6) is -5.41. The van der Waals surface area contributed by atoms with Crippen molar-refractivity contribution in [2.75, 3.05) is 0 Å². The molecule has 32 heavy (non-hydrogen) atoms. The summed E-state index contributed by atoms with van der Waals surface area (Å²) in [6.07, 6.45) is -8.28. The fourth-order valence-electron chi connectivity index (χ4n) is 2.61. The summed E-state index contributed by atoms with van der Waals surface area (Å²) in [7, 11) is 0. The Bertz CT molecular complexity index is 1120. The van der Waals surface area contributed by atoms with Crippen LogP contribution in [0.15, 0.2) is 60.7 Å². The predicted molar refractivity (Wildman–Crippen MR) is 98.0 cm³/mol. The van der Waals surface area contributed by atoms with Crippen LogP contribution < -0.4 is 14.2 Å². The lowest BCUT2D eigenvalue weighted by atomic mass is 10.1. The van der Waals surface area contributed by atoms with Gasteiger partial charge in [-0.3, -0.25) is 0 Å². The van der Waals surface area contributed by atoms with E-state index in [2.05, 4.69) is 4.74 Å². The number of benzene rings is 3. The minimum Gasteiger partial charge on any atom is -0.477 e. The Kier molecular flexibility index (Phi) is 6.47. The maximum absolute atomic E-state index is 14.3. The van der Waals surface area contributed by atoms with Crippen LogP contribution in [0, 0.1) is 5.82 Å². The normalized spacial score (nSPS) is 11.3. The van der Waals surface area contributed by atoms with Crippen LogP contribution in [0.25, 0.3) is 0 Å². The van der Waals surface area contributed by atoms with Gasteiger partial charge >= 0.3 is 12.3 Å². The van der Waals surface area contributed by atoms with Crippen molar-refractivity contribution in [3.63, 3.8) is 0 Å². The third kappa shape index (κ3) is 5.42. The van der Waals surface area contributed by atoms with Gasteiger partial charge in [0.1, 0.15) is 28.6 Å². The van der Waals surface area contributed by atoms with E-state index in [1.54, 1.807) is 18.2 Å². The maximum atomic E-state index is 14.3. The Balaban J connectivity index is 2.05. The molecule has 0 aliphatic rings. The van der Waals surface area contributed by atoms with Crippen molar-refractivity contribution >= 4 is 5.97 Å². The predicted octanol–water partition coefficient (Wildman–Crippen LogP) is 6.94. The van der Waals surface area contributed by atoms with Crippen molar-refractivity contribution in [1.82, 2.24) is 0 Å². The molecule has 0 aromatic heterocycles. The van der Waals surface area contributed by atoms with Gasteiger partial charge in [-0.25, -0.2) is 18.0 Å². The molecule has 0 aliphatic heterocycles. The van der Waals surface area contributed by atoms with E-state index in [9.17, 15) is 36.2 Å². The number of hydrogen-bond acceptors (Lipinski definition) is 4. The second-order valence-electron chi connectivity index (χ2n) is 6.12. The molecular formula is C21H12F6O5. The summed E-state index contributed by atoms with van der Waals surface area (Å²) in [4.78, 5) is 11.5. The summed E-state index contributed by atoms with van der Waals surface area (Å²) in [6.45, 7) is 0. The van der Waals surface area contributed by atoms with Crippen LogP contribution >= 0.6 is 0 Å². The van der Waals surface area contributed by atoms with E-state index in [0.717, 1.165) is 24.3 Å². The first-order chi connectivity index (χ1) is 15.0. The van der Waals surface area contributed by atoms with E-state index >= 15 is 0 Å². The zero-order valence-corrected chi connectivity index (χ0v) is 15.7. The van der Waals surface area contributed by atoms with E-state index in [1.807, 2.05) is 0 Å². The van der Waals surface area contributed by atoms with Crippen molar-refractivity contribution in [1.29, 1.82) is 0 Å². The van der Waals surface area contributed by atoms with Crippen molar-refractivity contribution < 1.29 is 50.5 Å². The number of alkyl halides is 5. The third-order valence-electron chi connectivity index (χ3n) is 3.92. The number of aromatic carboxylic acids is 1. The second kappa shape index (κ2) is 9.08. The molecule has 168 valence electrons. The molecule has 0 atom stereocenters.